The minimum Gasteiger partial charge on any atom is -0.444 e. The molecule has 124 valence electrons. The molecule has 1 aliphatic heterocycles. The molecule has 0 bridgehead atoms. The van der Waals surface area contributed by atoms with Crippen LogP contribution in [0.4, 0.5) is 0 Å². The van der Waals surface area contributed by atoms with Gasteiger partial charge in [-0.05, 0) is 43.7 Å². The lowest BCUT2D eigenvalue weighted by molar-refractivity contribution is 0.216. The van der Waals surface area contributed by atoms with Crippen LogP contribution in [0.3, 0.4) is 0 Å². The van der Waals surface area contributed by atoms with Crippen molar-refractivity contribution in [3.8, 4) is 11.5 Å². The van der Waals surface area contributed by atoms with Gasteiger partial charge in [0.1, 0.15) is 18.9 Å². The normalized spacial score (nSPS) is 18.3. The van der Waals surface area contributed by atoms with E-state index < -0.39 is 0 Å². The number of benzene rings is 1. The highest BCUT2D eigenvalue weighted by Crippen LogP contribution is 2.24. The van der Waals surface area contributed by atoms with E-state index in [1.165, 1.54) is 12.8 Å². The SMILES string of the molecule is Clc1ccc(-c2nc(CN3CCC[C@H]3Cn3cncn3)co2)cc1. The molecule has 2 aromatic heterocycles. The topological polar surface area (TPSA) is 60.0 Å². The Labute approximate surface area is 145 Å². The van der Waals surface area contributed by atoms with Crippen LogP contribution in [0.15, 0.2) is 47.6 Å². The summed E-state index contributed by atoms with van der Waals surface area (Å²) in [7, 11) is 0. The van der Waals surface area contributed by atoms with E-state index >= 15 is 0 Å². The summed E-state index contributed by atoms with van der Waals surface area (Å²) in [6, 6.07) is 7.98. The van der Waals surface area contributed by atoms with Crippen LogP contribution in [0.25, 0.3) is 11.5 Å². The number of aromatic nitrogens is 4. The van der Waals surface area contributed by atoms with Gasteiger partial charge in [0.15, 0.2) is 0 Å². The van der Waals surface area contributed by atoms with E-state index in [1.54, 1.807) is 18.9 Å². The lowest BCUT2D eigenvalue weighted by Gasteiger charge is -2.23. The first-order valence-electron chi connectivity index (χ1n) is 8.05. The molecule has 1 fully saturated rings. The van der Waals surface area contributed by atoms with Gasteiger partial charge in [-0.25, -0.2) is 9.97 Å². The van der Waals surface area contributed by atoms with E-state index in [9.17, 15) is 0 Å². The van der Waals surface area contributed by atoms with Crippen molar-refractivity contribution in [2.45, 2.75) is 32.0 Å². The molecule has 0 radical (unpaired) electrons. The Balaban J connectivity index is 1.44. The zero-order chi connectivity index (χ0) is 16.4. The molecule has 6 nitrogen and oxygen atoms in total. The minimum atomic E-state index is 0.461. The van der Waals surface area contributed by atoms with E-state index in [4.69, 9.17) is 16.0 Å². The largest absolute Gasteiger partial charge is 0.444 e. The van der Waals surface area contributed by atoms with Crippen molar-refractivity contribution in [1.82, 2.24) is 24.6 Å². The second-order valence-corrected chi connectivity index (χ2v) is 6.47. The van der Waals surface area contributed by atoms with Crippen molar-refractivity contribution in [3.63, 3.8) is 0 Å². The van der Waals surface area contributed by atoms with Crippen molar-refractivity contribution in [1.29, 1.82) is 0 Å². The van der Waals surface area contributed by atoms with Crippen LogP contribution in [-0.2, 0) is 13.1 Å². The van der Waals surface area contributed by atoms with E-state index in [2.05, 4.69) is 20.0 Å². The molecule has 4 rings (SSSR count). The Morgan fingerprint density at radius 3 is 2.92 bits per heavy atom. The van der Waals surface area contributed by atoms with Crippen molar-refractivity contribution in [2.75, 3.05) is 6.54 Å². The number of nitrogens with zero attached hydrogens (tertiary/aromatic N) is 5. The fraction of sp³-hybridized carbons (Fsp3) is 0.353. The van der Waals surface area contributed by atoms with Gasteiger partial charge >= 0.3 is 0 Å². The monoisotopic (exact) mass is 343 g/mol. The number of oxazole rings is 1. The molecule has 3 aromatic rings. The Kier molecular flexibility index (Phi) is 4.32. The number of halogens is 1. The van der Waals surface area contributed by atoms with Crippen LogP contribution in [0.2, 0.25) is 5.02 Å². The number of likely N-dealkylation sites (tertiary alicyclic amines) is 1. The third-order valence-electron chi connectivity index (χ3n) is 4.37. The second kappa shape index (κ2) is 6.75. The van der Waals surface area contributed by atoms with Crippen LogP contribution in [0.5, 0.6) is 0 Å². The third kappa shape index (κ3) is 3.34. The summed E-state index contributed by atoms with van der Waals surface area (Å²) < 4.78 is 7.53. The maximum atomic E-state index is 5.92. The first-order valence-corrected chi connectivity index (χ1v) is 8.42. The van der Waals surface area contributed by atoms with E-state index in [1.807, 2.05) is 28.9 Å². The lowest BCUT2D eigenvalue weighted by atomic mass is 10.2. The highest BCUT2D eigenvalue weighted by Gasteiger charge is 2.26. The molecule has 3 heterocycles. The lowest BCUT2D eigenvalue weighted by Crippen LogP contribution is -2.32. The Hall–Kier alpha value is -2.18. The van der Waals surface area contributed by atoms with Crippen molar-refractivity contribution in [3.05, 3.63) is 53.9 Å². The predicted molar refractivity (Wildman–Crippen MR) is 90.4 cm³/mol. The molecule has 7 heteroatoms. The maximum absolute atomic E-state index is 5.92. The maximum Gasteiger partial charge on any atom is 0.226 e. The van der Waals surface area contributed by atoms with Gasteiger partial charge in [-0.3, -0.25) is 9.58 Å². The minimum absolute atomic E-state index is 0.461. The summed E-state index contributed by atoms with van der Waals surface area (Å²) in [5, 5.41) is 4.91. The Morgan fingerprint density at radius 1 is 1.25 bits per heavy atom. The standard InChI is InChI=1S/C17H18ClN5O/c18-14-5-3-13(4-6-14)17-21-15(10-24-17)8-22-7-1-2-16(22)9-23-12-19-11-20-23/h3-6,10-12,16H,1-2,7-9H2/t16-/m0/s1. The average Bonchev–Trinajstić information content (AvgIpc) is 3.32. The smallest absolute Gasteiger partial charge is 0.226 e. The molecule has 0 saturated carbocycles. The molecular formula is C17H18ClN5O. The first kappa shape index (κ1) is 15.4. The van der Waals surface area contributed by atoms with Gasteiger partial charge in [0, 0.05) is 23.2 Å². The summed E-state index contributed by atoms with van der Waals surface area (Å²) >= 11 is 5.92. The highest BCUT2D eigenvalue weighted by atomic mass is 35.5. The zero-order valence-corrected chi connectivity index (χ0v) is 13.9. The summed E-state index contributed by atoms with van der Waals surface area (Å²) in [5.41, 5.74) is 1.89. The van der Waals surface area contributed by atoms with E-state index in [0.717, 1.165) is 30.9 Å². The molecule has 1 saturated heterocycles. The molecule has 0 amide bonds. The van der Waals surface area contributed by atoms with Gasteiger partial charge < -0.3 is 4.42 Å². The number of rotatable bonds is 5. The van der Waals surface area contributed by atoms with Crippen LogP contribution in [-0.4, -0.2) is 37.2 Å². The Bertz CT molecular complexity index is 784. The molecule has 0 spiro atoms. The third-order valence-corrected chi connectivity index (χ3v) is 4.62. The van der Waals surface area contributed by atoms with Gasteiger partial charge in [0.25, 0.3) is 0 Å². The summed E-state index contributed by atoms with van der Waals surface area (Å²) in [6.45, 7) is 2.72. The fourth-order valence-corrected chi connectivity index (χ4v) is 3.29. The molecule has 0 aliphatic carbocycles. The molecule has 1 atom stereocenters. The van der Waals surface area contributed by atoms with Gasteiger partial charge in [0.2, 0.25) is 5.89 Å². The van der Waals surface area contributed by atoms with E-state index in [-0.39, 0.29) is 0 Å². The van der Waals surface area contributed by atoms with Gasteiger partial charge in [0.05, 0.1) is 12.2 Å². The molecule has 1 aromatic carbocycles. The summed E-state index contributed by atoms with van der Waals surface area (Å²) in [6.07, 6.45) is 7.46. The van der Waals surface area contributed by atoms with Crippen LogP contribution < -0.4 is 0 Å². The average molecular weight is 344 g/mol. The highest BCUT2D eigenvalue weighted by molar-refractivity contribution is 6.30. The molecule has 24 heavy (non-hydrogen) atoms. The number of hydrogen-bond acceptors (Lipinski definition) is 5. The van der Waals surface area contributed by atoms with Crippen LogP contribution >= 0.6 is 11.6 Å². The summed E-state index contributed by atoms with van der Waals surface area (Å²) in [4.78, 5) is 11.1. The summed E-state index contributed by atoms with van der Waals surface area (Å²) in [5.74, 6) is 0.633. The molecular weight excluding hydrogens is 326 g/mol. The Morgan fingerprint density at radius 2 is 2.12 bits per heavy atom. The molecule has 0 N–H and O–H groups in total. The quantitative estimate of drug-likeness (QED) is 0.711. The second-order valence-electron chi connectivity index (χ2n) is 6.03. The van der Waals surface area contributed by atoms with Crippen LogP contribution in [0.1, 0.15) is 18.5 Å². The number of hydrogen-bond donors (Lipinski definition) is 0. The zero-order valence-electron chi connectivity index (χ0n) is 13.2. The van der Waals surface area contributed by atoms with Crippen molar-refractivity contribution >= 4 is 11.6 Å². The van der Waals surface area contributed by atoms with Crippen molar-refractivity contribution < 1.29 is 4.42 Å². The predicted octanol–water partition coefficient (Wildman–Crippen LogP) is 3.25. The van der Waals surface area contributed by atoms with E-state index in [0.29, 0.717) is 17.0 Å². The molecule has 1 aliphatic rings. The van der Waals surface area contributed by atoms with Gasteiger partial charge in [-0.15, -0.1) is 0 Å². The van der Waals surface area contributed by atoms with Crippen LogP contribution in [0, 0.1) is 0 Å². The fourth-order valence-electron chi connectivity index (χ4n) is 3.17. The first-order chi connectivity index (χ1) is 11.8. The van der Waals surface area contributed by atoms with Gasteiger partial charge in [-0.2, -0.15) is 5.10 Å². The van der Waals surface area contributed by atoms with Crippen molar-refractivity contribution in [2.24, 2.45) is 0 Å². The molecule has 0 unspecified atom stereocenters. The van der Waals surface area contributed by atoms with Gasteiger partial charge in [-0.1, -0.05) is 11.6 Å².